The van der Waals surface area contributed by atoms with Crippen LogP contribution in [0.4, 0.5) is 0 Å². The molecule has 0 radical (unpaired) electrons. The van der Waals surface area contributed by atoms with Crippen molar-refractivity contribution in [2.24, 2.45) is 5.92 Å². The number of rotatable bonds is 7. The van der Waals surface area contributed by atoms with Gasteiger partial charge < -0.3 is 14.4 Å². The minimum Gasteiger partial charge on any atom is -0.494 e. The van der Waals surface area contributed by atoms with Crippen molar-refractivity contribution in [3.05, 3.63) is 29.3 Å². The number of hydrogen-bond donors (Lipinski definition) is 0. The molecule has 0 atom stereocenters. The van der Waals surface area contributed by atoms with Gasteiger partial charge in [0.25, 0.3) is 5.91 Å². The summed E-state index contributed by atoms with van der Waals surface area (Å²) in [5.41, 5.74) is 1.70. The Morgan fingerprint density at radius 1 is 1.17 bits per heavy atom. The summed E-state index contributed by atoms with van der Waals surface area (Å²) >= 11 is 0. The number of nitrogens with zero attached hydrogens (tertiary/aromatic N) is 1. The maximum Gasteiger partial charge on any atom is 0.253 e. The molecule has 2 rings (SSSR count). The van der Waals surface area contributed by atoms with Crippen molar-refractivity contribution in [3.8, 4) is 5.75 Å². The minimum atomic E-state index is 0.130. The van der Waals surface area contributed by atoms with Gasteiger partial charge in [0.1, 0.15) is 5.75 Å². The van der Waals surface area contributed by atoms with Crippen LogP contribution in [0.3, 0.4) is 0 Å². The summed E-state index contributed by atoms with van der Waals surface area (Å²) in [6.45, 7) is 9.75. The van der Waals surface area contributed by atoms with Crippen LogP contribution in [0.2, 0.25) is 0 Å². The maximum atomic E-state index is 12.8. The number of benzene rings is 1. The van der Waals surface area contributed by atoms with Gasteiger partial charge in [-0.1, -0.05) is 26.7 Å². The van der Waals surface area contributed by atoms with Crippen LogP contribution in [0.1, 0.15) is 62.4 Å². The molecule has 0 aliphatic carbocycles. The van der Waals surface area contributed by atoms with Crippen LogP contribution in [0.25, 0.3) is 0 Å². The van der Waals surface area contributed by atoms with Crippen molar-refractivity contribution in [2.75, 3.05) is 26.3 Å². The molecule has 0 N–H and O–H groups in total. The van der Waals surface area contributed by atoms with E-state index in [1.165, 1.54) is 12.8 Å². The van der Waals surface area contributed by atoms with Crippen molar-refractivity contribution < 1.29 is 14.3 Å². The van der Waals surface area contributed by atoms with Gasteiger partial charge in [-0.25, -0.2) is 0 Å². The molecule has 1 fully saturated rings. The zero-order chi connectivity index (χ0) is 17.4. The second kappa shape index (κ2) is 9.67. The Hall–Kier alpha value is -1.55. The highest BCUT2D eigenvalue weighted by Gasteiger charge is 2.18. The molecule has 0 aromatic heterocycles. The molecule has 1 aliphatic heterocycles. The molecular weight excluding hydrogens is 302 g/mol. The second-order valence-electron chi connectivity index (χ2n) is 6.87. The number of carbonyl (C=O) groups is 1. The molecule has 4 heteroatoms. The van der Waals surface area contributed by atoms with Gasteiger partial charge in [0.15, 0.2) is 0 Å². The normalized spacial score (nSPS) is 15.4. The topological polar surface area (TPSA) is 38.8 Å². The van der Waals surface area contributed by atoms with Crippen LogP contribution in [0.15, 0.2) is 18.2 Å². The van der Waals surface area contributed by atoms with Gasteiger partial charge in [0.05, 0.1) is 13.2 Å². The summed E-state index contributed by atoms with van der Waals surface area (Å²) in [5.74, 6) is 1.43. The smallest absolute Gasteiger partial charge is 0.253 e. The monoisotopic (exact) mass is 333 g/mol. The zero-order valence-electron chi connectivity index (χ0n) is 15.3. The third kappa shape index (κ3) is 5.52. The van der Waals surface area contributed by atoms with Gasteiger partial charge >= 0.3 is 0 Å². The van der Waals surface area contributed by atoms with E-state index in [1.807, 2.05) is 30.0 Å². The lowest BCUT2D eigenvalue weighted by atomic mass is 10.1. The third-order valence-electron chi connectivity index (χ3n) is 4.21. The molecule has 0 spiro atoms. The highest BCUT2D eigenvalue weighted by molar-refractivity contribution is 5.94. The van der Waals surface area contributed by atoms with Crippen molar-refractivity contribution in [1.29, 1.82) is 0 Å². The first-order chi connectivity index (χ1) is 11.6. The van der Waals surface area contributed by atoms with E-state index in [2.05, 4.69) is 13.8 Å². The van der Waals surface area contributed by atoms with Crippen molar-refractivity contribution in [2.45, 2.75) is 53.1 Å². The first-order valence-electron chi connectivity index (χ1n) is 9.24. The Labute approximate surface area is 146 Å². The molecular formula is C20H31NO3. The molecule has 1 aromatic carbocycles. The van der Waals surface area contributed by atoms with Crippen molar-refractivity contribution >= 4 is 5.91 Å². The van der Waals surface area contributed by atoms with E-state index < -0.39 is 0 Å². The van der Waals surface area contributed by atoms with E-state index in [9.17, 15) is 4.79 Å². The third-order valence-corrected chi connectivity index (χ3v) is 4.21. The van der Waals surface area contributed by atoms with E-state index in [4.69, 9.17) is 9.47 Å². The SMILES string of the molecule is CCOc1ccc(C(=O)N2CCCCCC2)cc1COCC(C)C. The fourth-order valence-corrected chi connectivity index (χ4v) is 2.98. The van der Waals surface area contributed by atoms with Gasteiger partial charge in [0, 0.05) is 30.8 Å². The molecule has 0 unspecified atom stereocenters. The summed E-state index contributed by atoms with van der Waals surface area (Å²) in [6, 6.07) is 5.73. The molecule has 1 aliphatic rings. The molecule has 0 saturated carbocycles. The molecule has 1 aromatic rings. The van der Waals surface area contributed by atoms with Crippen molar-refractivity contribution in [3.63, 3.8) is 0 Å². The molecule has 134 valence electrons. The average Bonchev–Trinajstić information content (AvgIpc) is 2.85. The Morgan fingerprint density at radius 2 is 1.88 bits per heavy atom. The van der Waals surface area contributed by atoms with Gasteiger partial charge in [-0.2, -0.15) is 0 Å². The largest absolute Gasteiger partial charge is 0.494 e. The number of hydrogen-bond acceptors (Lipinski definition) is 3. The summed E-state index contributed by atoms with van der Waals surface area (Å²) < 4.78 is 11.5. The highest BCUT2D eigenvalue weighted by Crippen LogP contribution is 2.23. The summed E-state index contributed by atoms with van der Waals surface area (Å²) in [6.07, 6.45) is 4.66. The van der Waals surface area contributed by atoms with E-state index in [-0.39, 0.29) is 5.91 Å². The van der Waals surface area contributed by atoms with E-state index >= 15 is 0 Å². The van der Waals surface area contributed by atoms with Crippen LogP contribution < -0.4 is 4.74 Å². The van der Waals surface area contributed by atoms with Gasteiger partial charge in [-0.05, 0) is 43.9 Å². The predicted octanol–water partition coefficient (Wildman–Crippen LogP) is 4.27. The number of likely N-dealkylation sites (tertiary alicyclic amines) is 1. The lowest BCUT2D eigenvalue weighted by molar-refractivity contribution is 0.0760. The first-order valence-corrected chi connectivity index (χ1v) is 9.24. The molecule has 1 amide bonds. The molecule has 1 heterocycles. The lowest BCUT2D eigenvalue weighted by Crippen LogP contribution is -2.31. The van der Waals surface area contributed by atoms with Crippen LogP contribution in [0, 0.1) is 5.92 Å². The molecule has 1 saturated heterocycles. The van der Waals surface area contributed by atoms with Crippen molar-refractivity contribution in [1.82, 2.24) is 4.90 Å². The quantitative estimate of drug-likeness (QED) is 0.748. The van der Waals surface area contributed by atoms with E-state index in [1.54, 1.807) is 0 Å². The Morgan fingerprint density at radius 3 is 2.50 bits per heavy atom. The first kappa shape index (κ1) is 18.8. The standard InChI is InChI=1S/C20H31NO3/c1-4-24-19-10-9-17(13-18(19)15-23-14-16(2)3)20(22)21-11-7-5-6-8-12-21/h9-10,13,16H,4-8,11-12,14-15H2,1-3H3. The van der Waals surface area contributed by atoms with Crippen LogP contribution in [-0.4, -0.2) is 37.1 Å². The van der Waals surface area contributed by atoms with Gasteiger partial charge in [-0.3, -0.25) is 4.79 Å². The van der Waals surface area contributed by atoms with Crippen LogP contribution in [-0.2, 0) is 11.3 Å². The van der Waals surface area contributed by atoms with Crippen LogP contribution in [0.5, 0.6) is 5.75 Å². The van der Waals surface area contributed by atoms with Gasteiger partial charge in [0.2, 0.25) is 0 Å². The summed E-state index contributed by atoms with van der Waals surface area (Å²) in [4.78, 5) is 14.8. The number of amides is 1. The van der Waals surface area contributed by atoms with E-state index in [0.717, 1.165) is 42.8 Å². The Bertz CT molecular complexity index is 520. The fraction of sp³-hybridized carbons (Fsp3) is 0.650. The Balaban J connectivity index is 2.12. The number of ether oxygens (including phenoxy) is 2. The fourth-order valence-electron chi connectivity index (χ4n) is 2.98. The second-order valence-corrected chi connectivity index (χ2v) is 6.87. The lowest BCUT2D eigenvalue weighted by Gasteiger charge is -2.21. The molecule has 4 nitrogen and oxygen atoms in total. The summed E-state index contributed by atoms with van der Waals surface area (Å²) in [7, 11) is 0. The molecule has 24 heavy (non-hydrogen) atoms. The highest BCUT2D eigenvalue weighted by atomic mass is 16.5. The average molecular weight is 333 g/mol. The van der Waals surface area contributed by atoms with Crippen LogP contribution >= 0.6 is 0 Å². The maximum absolute atomic E-state index is 12.8. The predicted molar refractivity (Wildman–Crippen MR) is 96.5 cm³/mol. The summed E-state index contributed by atoms with van der Waals surface area (Å²) in [5, 5.41) is 0. The number of carbonyl (C=O) groups excluding carboxylic acids is 1. The van der Waals surface area contributed by atoms with E-state index in [0.29, 0.717) is 25.7 Å². The minimum absolute atomic E-state index is 0.130. The Kier molecular flexibility index (Phi) is 7.57. The molecule has 0 bridgehead atoms. The zero-order valence-corrected chi connectivity index (χ0v) is 15.3. The van der Waals surface area contributed by atoms with Gasteiger partial charge in [-0.15, -0.1) is 0 Å².